The normalized spacial score (nSPS) is 14.4. The molecule has 4 aromatic rings. The molecule has 8 nitrogen and oxygen atoms in total. The van der Waals surface area contributed by atoms with Crippen molar-refractivity contribution < 1.29 is 14.3 Å². The van der Waals surface area contributed by atoms with Crippen molar-refractivity contribution >= 4 is 28.5 Å². The predicted octanol–water partition coefficient (Wildman–Crippen LogP) is 4.58. The average Bonchev–Trinajstić information content (AvgIpc) is 3.58. The number of methoxy groups -OCH3 is 1. The van der Waals surface area contributed by atoms with Gasteiger partial charge in [-0.1, -0.05) is 60.5 Å². The third kappa shape index (κ3) is 5.18. The van der Waals surface area contributed by atoms with Gasteiger partial charge < -0.3 is 10.1 Å². The van der Waals surface area contributed by atoms with E-state index in [4.69, 9.17) is 4.74 Å². The number of carbonyl (C=O) groups excluding carboxylic acids is 2. The molecular weight excluding hydrogens is 466 g/mol. The Bertz CT molecular complexity index is 1410. The second-order valence-electron chi connectivity index (χ2n) is 9.46. The number of hydrogen-bond donors (Lipinski definition) is 1. The van der Waals surface area contributed by atoms with Crippen molar-refractivity contribution in [1.82, 2.24) is 20.3 Å². The first-order valence-electron chi connectivity index (χ1n) is 12.7. The van der Waals surface area contributed by atoms with Crippen LogP contribution >= 0.6 is 0 Å². The Morgan fingerprint density at radius 3 is 2.59 bits per heavy atom. The molecule has 190 valence electrons. The molecule has 2 amide bonds. The van der Waals surface area contributed by atoms with E-state index in [1.54, 1.807) is 16.7 Å². The monoisotopic (exact) mass is 497 g/mol. The van der Waals surface area contributed by atoms with Crippen LogP contribution < -0.4 is 15.0 Å². The second-order valence-corrected chi connectivity index (χ2v) is 9.46. The van der Waals surface area contributed by atoms with Crippen LogP contribution in [0.25, 0.3) is 11.0 Å². The zero-order valence-electron chi connectivity index (χ0n) is 21.1. The number of nitrogens with zero attached hydrogens (tertiary/aromatic N) is 4. The van der Waals surface area contributed by atoms with E-state index in [1.165, 1.54) is 0 Å². The molecule has 1 N–H and O–H groups in total. The Morgan fingerprint density at radius 1 is 1.05 bits per heavy atom. The smallest absolute Gasteiger partial charge is 0.249 e. The molecule has 1 aliphatic rings. The Morgan fingerprint density at radius 2 is 1.81 bits per heavy atom. The number of para-hydroxylation sites is 2. The fourth-order valence-corrected chi connectivity index (χ4v) is 5.07. The molecule has 1 aromatic heterocycles. The summed E-state index contributed by atoms with van der Waals surface area (Å²) in [7, 11) is 1.59. The summed E-state index contributed by atoms with van der Waals surface area (Å²) < 4.78 is 7.05. The molecule has 1 aliphatic carbocycles. The van der Waals surface area contributed by atoms with Crippen molar-refractivity contribution in [3.8, 4) is 5.75 Å². The van der Waals surface area contributed by atoms with E-state index < -0.39 is 6.04 Å². The number of aryl methyl sites for hydroxylation is 1. The summed E-state index contributed by atoms with van der Waals surface area (Å²) >= 11 is 0. The topological polar surface area (TPSA) is 89.4 Å². The quantitative estimate of drug-likeness (QED) is 0.385. The van der Waals surface area contributed by atoms with Gasteiger partial charge in [0, 0.05) is 11.7 Å². The van der Waals surface area contributed by atoms with Crippen molar-refractivity contribution in [3.63, 3.8) is 0 Å². The number of nitrogens with one attached hydrogen (secondary N) is 1. The number of carbonyl (C=O) groups is 2. The first-order chi connectivity index (χ1) is 18.0. The van der Waals surface area contributed by atoms with Crippen LogP contribution in [-0.2, 0) is 16.1 Å². The third-order valence-corrected chi connectivity index (χ3v) is 6.97. The highest BCUT2D eigenvalue weighted by Gasteiger charge is 2.35. The van der Waals surface area contributed by atoms with Crippen molar-refractivity contribution in [3.05, 3.63) is 83.9 Å². The Kier molecular flexibility index (Phi) is 7.16. The number of anilines is 1. The minimum absolute atomic E-state index is 0.0635. The maximum Gasteiger partial charge on any atom is 0.249 e. The number of rotatable bonds is 8. The van der Waals surface area contributed by atoms with Gasteiger partial charge in [-0.25, -0.2) is 4.68 Å². The molecule has 0 saturated heterocycles. The standard InChI is InChI=1S/C29H31N5O3/c1-20-10-3-7-16-25(20)34(27(35)19-33-26-17-8-6-15-24(26)31-32-33)28(21-11-9-14-23(18-21)37-2)29(36)30-22-12-4-5-13-22/h3,6-11,14-18,22,28H,4-5,12-13,19H2,1-2H3,(H,30,36)/t28-/m1/s1. The maximum atomic E-state index is 14.1. The average molecular weight is 498 g/mol. The summed E-state index contributed by atoms with van der Waals surface area (Å²) in [4.78, 5) is 29.7. The van der Waals surface area contributed by atoms with Gasteiger partial charge in [0.2, 0.25) is 11.8 Å². The van der Waals surface area contributed by atoms with Gasteiger partial charge in [0.15, 0.2) is 0 Å². The lowest BCUT2D eigenvalue weighted by Crippen LogP contribution is -2.47. The lowest BCUT2D eigenvalue weighted by atomic mass is 10.0. The minimum atomic E-state index is -0.890. The summed E-state index contributed by atoms with van der Waals surface area (Å²) in [6.45, 7) is 1.88. The van der Waals surface area contributed by atoms with E-state index >= 15 is 0 Å². The van der Waals surface area contributed by atoms with Crippen LogP contribution in [-0.4, -0.2) is 40.0 Å². The highest BCUT2D eigenvalue weighted by molar-refractivity contribution is 6.02. The van der Waals surface area contributed by atoms with Gasteiger partial charge in [-0.15, -0.1) is 5.10 Å². The van der Waals surface area contributed by atoms with Crippen molar-refractivity contribution in [2.45, 2.75) is 51.2 Å². The molecule has 8 heteroatoms. The summed E-state index contributed by atoms with van der Waals surface area (Å²) in [6.07, 6.45) is 4.07. The fourth-order valence-electron chi connectivity index (χ4n) is 5.07. The molecule has 0 bridgehead atoms. The number of amides is 2. The van der Waals surface area contributed by atoms with Crippen molar-refractivity contribution in [2.24, 2.45) is 0 Å². The molecule has 0 spiro atoms. The molecule has 3 aromatic carbocycles. The van der Waals surface area contributed by atoms with Gasteiger partial charge in [0.25, 0.3) is 0 Å². The van der Waals surface area contributed by atoms with Crippen LogP contribution in [0.2, 0.25) is 0 Å². The van der Waals surface area contributed by atoms with Crippen LogP contribution in [0.5, 0.6) is 5.75 Å². The van der Waals surface area contributed by atoms with E-state index in [1.807, 2.05) is 79.7 Å². The van der Waals surface area contributed by atoms with Gasteiger partial charge in [0.05, 0.1) is 12.6 Å². The second kappa shape index (κ2) is 10.8. The molecule has 1 heterocycles. The minimum Gasteiger partial charge on any atom is -0.497 e. The summed E-state index contributed by atoms with van der Waals surface area (Å²) in [5, 5.41) is 11.6. The molecule has 5 rings (SSSR count). The van der Waals surface area contributed by atoms with Gasteiger partial charge >= 0.3 is 0 Å². The lowest BCUT2D eigenvalue weighted by Gasteiger charge is -2.33. The number of fused-ring (bicyclic) bond motifs is 1. The molecular formula is C29H31N5O3. The third-order valence-electron chi connectivity index (χ3n) is 6.97. The molecule has 1 atom stereocenters. The van der Waals surface area contributed by atoms with E-state index in [0.29, 0.717) is 22.5 Å². The lowest BCUT2D eigenvalue weighted by molar-refractivity contribution is -0.127. The molecule has 1 fully saturated rings. The zero-order valence-corrected chi connectivity index (χ0v) is 21.1. The van der Waals surface area contributed by atoms with Gasteiger partial charge in [-0.05, 0) is 61.2 Å². The van der Waals surface area contributed by atoms with Crippen LogP contribution in [0, 0.1) is 6.92 Å². The highest BCUT2D eigenvalue weighted by Crippen LogP contribution is 2.33. The number of hydrogen-bond acceptors (Lipinski definition) is 5. The van der Waals surface area contributed by atoms with Crippen molar-refractivity contribution in [1.29, 1.82) is 0 Å². The van der Waals surface area contributed by atoms with Gasteiger partial charge in [0.1, 0.15) is 23.9 Å². The molecule has 1 saturated carbocycles. The van der Waals surface area contributed by atoms with E-state index in [2.05, 4.69) is 15.6 Å². The number of ether oxygens (including phenoxy) is 1. The molecule has 0 aliphatic heterocycles. The van der Waals surface area contributed by atoms with Crippen LogP contribution in [0.15, 0.2) is 72.8 Å². The largest absolute Gasteiger partial charge is 0.497 e. The molecule has 0 unspecified atom stereocenters. The highest BCUT2D eigenvalue weighted by atomic mass is 16.5. The van der Waals surface area contributed by atoms with E-state index in [9.17, 15) is 9.59 Å². The molecule has 37 heavy (non-hydrogen) atoms. The van der Waals surface area contributed by atoms with Gasteiger partial charge in [-0.2, -0.15) is 0 Å². The van der Waals surface area contributed by atoms with Crippen LogP contribution in [0.1, 0.15) is 42.9 Å². The SMILES string of the molecule is COc1cccc([C@H](C(=O)NC2CCCC2)N(C(=O)Cn2nnc3ccccc32)c2ccccc2C)c1. The Labute approximate surface area is 216 Å². The number of aromatic nitrogens is 3. The van der Waals surface area contributed by atoms with E-state index in [-0.39, 0.29) is 24.4 Å². The first-order valence-corrected chi connectivity index (χ1v) is 12.7. The molecule has 0 radical (unpaired) electrons. The van der Waals surface area contributed by atoms with Crippen LogP contribution in [0.3, 0.4) is 0 Å². The summed E-state index contributed by atoms with van der Waals surface area (Å²) in [5.41, 5.74) is 3.71. The van der Waals surface area contributed by atoms with E-state index in [0.717, 1.165) is 36.8 Å². The Balaban J connectivity index is 1.59. The summed E-state index contributed by atoms with van der Waals surface area (Å²) in [5.74, 6) is 0.148. The number of benzene rings is 3. The zero-order chi connectivity index (χ0) is 25.8. The maximum absolute atomic E-state index is 14.1. The van der Waals surface area contributed by atoms with Gasteiger partial charge in [-0.3, -0.25) is 14.5 Å². The van der Waals surface area contributed by atoms with Crippen LogP contribution in [0.4, 0.5) is 5.69 Å². The van der Waals surface area contributed by atoms with Crippen molar-refractivity contribution in [2.75, 3.05) is 12.0 Å². The summed E-state index contributed by atoms with van der Waals surface area (Å²) in [6, 6.07) is 21.7. The fraction of sp³-hybridized carbons (Fsp3) is 0.310. The predicted molar refractivity (Wildman–Crippen MR) is 142 cm³/mol. The first kappa shape index (κ1) is 24.5. The Hall–Kier alpha value is -4.20.